The van der Waals surface area contributed by atoms with Crippen LogP contribution in [0.25, 0.3) is 0 Å². The molecule has 2 N–H and O–H groups in total. The van der Waals surface area contributed by atoms with E-state index >= 15 is 0 Å². The smallest absolute Gasteiger partial charge is 0.317 e. The molecule has 5 nitrogen and oxygen atoms in total. The highest BCUT2D eigenvalue weighted by Gasteiger charge is 2.25. The number of urea groups is 1. The quantitative estimate of drug-likeness (QED) is 0.884. The van der Waals surface area contributed by atoms with E-state index in [1.54, 1.807) is 4.90 Å². The number of likely N-dealkylation sites (tertiary alicyclic amines) is 1. The third kappa shape index (κ3) is 3.48. The fourth-order valence-electron chi connectivity index (χ4n) is 2.64. The average Bonchev–Trinajstić information content (AvgIpc) is 2.46. The first kappa shape index (κ1) is 14.8. The van der Waals surface area contributed by atoms with Gasteiger partial charge in [0.05, 0.1) is 12.6 Å². The number of piperidine rings is 1. The van der Waals surface area contributed by atoms with E-state index in [0.717, 1.165) is 42.6 Å². The van der Waals surface area contributed by atoms with Crippen molar-refractivity contribution in [2.75, 3.05) is 13.2 Å². The Kier molecular flexibility index (Phi) is 4.95. The second-order valence-electron chi connectivity index (χ2n) is 5.44. The summed E-state index contributed by atoms with van der Waals surface area (Å²) in [5.41, 5.74) is 3.14. The van der Waals surface area contributed by atoms with E-state index < -0.39 is 0 Å². The number of amides is 2. The van der Waals surface area contributed by atoms with E-state index in [0.29, 0.717) is 6.54 Å². The fourth-order valence-corrected chi connectivity index (χ4v) is 2.64. The zero-order valence-electron chi connectivity index (χ0n) is 12.2. The molecule has 0 unspecified atom stereocenters. The summed E-state index contributed by atoms with van der Waals surface area (Å²) < 4.78 is 0. The van der Waals surface area contributed by atoms with Crippen LogP contribution in [0.5, 0.6) is 0 Å². The van der Waals surface area contributed by atoms with Gasteiger partial charge < -0.3 is 15.3 Å². The molecule has 1 aromatic heterocycles. The van der Waals surface area contributed by atoms with Crippen LogP contribution in [0.4, 0.5) is 4.79 Å². The van der Waals surface area contributed by atoms with Crippen LogP contribution >= 0.6 is 0 Å². The molecule has 2 amide bonds. The maximum absolute atomic E-state index is 12.2. The molecular formula is C15H23N3O2. The van der Waals surface area contributed by atoms with Gasteiger partial charge in [0, 0.05) is 25.0 Å². The van der Waals surface area contributed by atoms with Crippen LogP contribution in [0.1, 0.15) is 36.1 Å². The molecule has 1 aliphatic rings. The Bertz CT molecular complexity index is 476. The number of carbonyl (C=O) groups excluding carboxylic acids is 1. The number of aliphatic hydroxyl groups excluding tert-OH is 1. The van der Waals surface area contributed by atoms with Crippen molar-refractivity contribution in [2.45, 2.75) is 45.7 Å². The largest absolute Gasteiger partial charge is 0.394 e. The molecule has 20 heavy (non-hydrogen) atoms. The number of aliphatic hydroxyl groups is 1. The van der Waals surface area contributed by atoms with Crippen molar-refractivity contribution in [1.82, 2.24) is 15.2 Å². The van der Waals surface area contributed by atoms with Crippen LogP contribution in [0, 0.1) is 13.8 Å². The summed E-state index contributed by atoms with van der Waals surface area (Å²) in [6.45, 7) is 5.22. The summed E-state index contributed by atoms with van der Waals surface area (Å²) in [4.78, 5) is 18.2. The normalized spacial score (nSPS) is 18.9. The Labute approximate surface area is 120 Å². The molecule has 0 saturated carbocycles. The SMILES string of the molecule is Cc1cc(C)c(CNC(=O)N2CCCC[C@@H]2CO)cn1. The molecular weight excluding hydrogens is 254 g/mol. The highest BCUT2D eigenvalue weighted by atomic mass is 16.3. The molecule has 1 fully saturated rings. The minimum Gasteiger partial charge on any atom is -0.394 e. The first-order valence-electron chi connectivity index (χ1n) is 7.19. The van der Waals surface area contributed by atoms with Crippen molar-refractivity contribution >= 4 is 6.03 Å². The Balaban J connectivity index is 1.94. The first-order chi connectivity index (χ1) is 9.61. The monoisotopic (exact) mass is 277 g/mol. The van der Waals surface area contributed by atoms with E-state index in [1.807, 2.05) is 26.1 Å². The molecule has 1 aromatic rings. The highest BCUT2D eigenvalue weighted by Crippen LogP contribution is 2.16. The van der Waals surface area contributed by atoms with Crippen molar-refractivity contribution in [3.63, 3.8) is 0 Å². The van der Waals surface area contributed by atoms with E-state index in [1.165, 1.54) is 0 Å². The van der Waals surface area contributed by atoms with Crippen molar-refractivity contribution < 1.29 is 9.90 Å². The molecule has 1 saturated heterocycles. The second kappa shape index (κ2) is 6.70. The average molecular weight is 277 g/mol. The summed E-state index contributed by atoms with van der Waals surface area (Å²) in [5.74, 6) is 0. The van der Waals surface area contributed by atoms with Crippen molar-refractivity contribution in [3.8, 4) is 0 Å². The molecule has 110 valence electrons. The molecule has 0 radical (unpaired) electrons. The zero-order valence-corrected chi connectivity index (χ0v) is 12.2. The van der Waals surface area contributed by atoms with Crippen LogP contribution in [-0.2, 0) is 6.54 Å². The fraction of sp³-hybridized carbons (Fsp3) is 0.600. The van der Waals surface area contributed by atoms with Crippen LogP contribution in [0.15, 0.2) is 12.3 Å². The van der Waals surface area contributed by atoms with Crippen LogP contribution < -0.4 is 5.32 Å². The van der Waals surface area contributed by atoms with Crippen LogP contribution in [0.2, 0.25) is 0 Å². The van der Waals surface area contributed by atoms with Crippen LogP contribution in [-0.4, -0.2) is 40.2 Å². The molecule has 2 rings (SSSR count). The van der Waals surface area contributed by atoms with Crippen molar-refractivity contribution in [3.05, 3.63) is 29.1 Å². The number of hydrogen-bond acceptors (Lipinski definition) is 3. The lowest BCUT2D eigenvalue weighted by atomic mass is 10.0. The van der Waals surface area contributed by atoms with Gasteiger partial charge in [0.2, 0.25) is 0 Å². The van der Waals surface area contributed by atoms with Gasteiger partial charge in [-0.25, -0.2) is 4.79 Å². The number of rotatable bonds is 3. The van der Waals surface area contributed by atoms with Gasteiger partial charge in [-0.3, -0.25) is 4.98 Å². The zero-order chi connectivity index (χ0) is 14.5. The lowest BCUT2D eigenvalue weighted by molar-refractivity contribution is 0.108. The number of aryl methyl sites for hydroxylation is 2. The summed E-state index contributed by atoms with van der Waals surface area (Å²) >= 11 is 0. The van der Waals surface area contributed by atoms with Gasteiger partial charge in [0.15, 0.2) is 0 Å². The van der Waals surface area contributed by atoms with Gasteiger partial charge in [-0.2, -0.15) is 0 Å². The summed E-state index contributed by atoms with van der Waals surface area (Å²) in [6.07, 6.45) is 4.78. The number of nitrogens with zero attached hydrogens (tertiary/aromatic N) is 2. The minimum atomic E-state index is -0.0938. The number of nitrogens with one attached hydrogen (secondary N) is 1. The van der Waals surface area contributed by atoms with E-state index in [-0.39, 0.29) is 18.7 Å². The van der Waals surface area contributed by atoms with Gasteiger partial charge in [0.25, 0.3) is 0 Å². The topological polar surface area (TPSA) is 65.5 Å². The summed E-state index contributed by atoms with van der Waals surface area (Å²) in [7, 11) is 0. The Morgan fingerprint density at radius 2 is 2.30 bits per heavy atom. The molecule has 0 aliphatic carbocycles. The lowest BCUT2D eigenvalue weighted by Gasteiger charge is -2.34. The first-order valence-corrected chi connectivity index (χ1v) is 7.19. The molecule has 2 heterocycles. The molecule has 1 atom stereocenters. The van der Waals surface area contributed by atoms with E-state index in [9.17, 15) is 9.90 Å². The highest BCUT2D eigenvalue weighted by molar-refractivity contribution is 5.74. The number of hydrogen-bond donors (Lipinski definition) is 2. The van der Waals surface area contributed by atoms with Gasteiger partial charge in [0.1, 0.15) is 0 Å². The molecule has 1 aliphatic heterocycles. The van der Waals surface area contributed by atoms with Gasteiger partial charge in [-0.15, -0.1) is 0 Å². The molecule has 0 aromatic carbocycles. The van der Waals surface area contributed by atoms with Gasteiger partial charge >= 0.3 is 6.03 Å². The predicted octanol–water partition coefficient (Wildman–Crippen LogP) is 1.75. The van der Waals surface area contributed by atoms with Gasteiger partial charge in [-0.05, 0) is 50.3 Å². The maximum atomic E-state index is 12.2. The minimum absolute atomic E-state index is 0.0402. The number of aromatic nitrogens is 1. The number of carbonyl (C=O) groups is 1. The van der Waals surface area contributed by atoms with Crippen molar-refractivity contribution in [1.29, 1.82) is 0 Å². The van der Waals surface area contributed by atoms with Crippen LogP contribution in [0.3, 0.4) is 0 Å². The van der Waals surface area contributed by atoms with E-state index in [2.05, 4.69) is 10.3 Å². The van der Waals surface area contributed by atoms with Gasteiger partial charge in [-0.1, -0.05) is 0 Å². The standard InChI is InChI=1S/C15H23N3O2/c1-11-7-12(2)16-8-13(11)9-17-15(20)18-6-4-3-5-14(18)10-19/h7-8,14,19H,3-6,9-10H2,1-2H3,(H,17,20)/t14-/m1/s1. The molecule has 0 spiro atoms. The third-order valence-corrected chi connectivity index (χ3v) is 3.88. The molecule has 0 bridgehead atoms. The predicted molar refractivity (Wildman–Crippen MR) is 77.4 cm³/mol. The Morgan fingerprint density at radius 3 is 3.00 bits per heavy atom. The summed E-state index contributed by atoms with van der Waals surface area (Å²) in [5, 5.41) is 12.3. The second-order valence-corrected chi connectivity index (χ2v) is 5.44. The lowest BCUT2D eigenvalue weighted by Crippen LogP contribution is -2.49. The third-order valence-electron chi connectivity index (χ3n) is 3.88. The molecule has 5 heteroatoms. The number of pyridine rings is 1. The Hall–Kier alpha value is -1.62. The maximum Gasteiger partial charge on any atom is 0.317 e. The Morgan fingerprint density at radius 1 is 1.50 bits per heavy atom. The van der Waals surface area contributed by atoms with Crippen molar-refractivity contribution in [2.24, 2.45) is 0 Å². The summed E-state index contributed by atoms with van der Waals surface area (Å²) in [6, 6.07) is 1.88. The van der Waals surface area contributed by atoms with E-state index in [4.69, 9.17) is 0 Å².